The molecule has 4 nitrogen and oxygen atoms in total. The van der Waals surface area contributed by atoms with Crippen molar-refractivity contribution in [2.75, 3.05) is 12.3 Å². The standard InChI is InChI=1S/C14H15BrN2O2/c1-10-7-14(18)17(9-13(10)15)5-6-19-12-4-2-3-11(16)8-12/h2-4,7-9H,5-6,16H2,1H3. The quantitative estimate of drug-likeness (QED) is 0.880. The van der Waals surface area contributed by atoms with Crippen molar-refractivity contribution in [3.63, 3.8) is 0 Å². The first-order chi connectivity index (χ1) is 9.06. The summed E-state index contributed by atoms with van der Waals surface area (Å²) < 4.78 is 8.09. The van der Waals surface area contributed by atoms with Crippen LogP contribution in [0.25, 0.3) is 0 Å². The smallest absolute Gasteiger partial charge is 0.250 e. The van der Waals surface area contributed by atoms with Crippen molar-refractivity contribution >= 4 is 21.6 Å². The molecule has 19 heavy (non-hydrogen) atoms. The number of anilines is 1. The third kappa shape index (κ3) is 3.61. The van der Waals surface area contributed by atoms with Gasteiger partial charge in [-0.1, -0.05) is 6.07 Å². The number of aromatic nitrogens is 1. The molecule has 100 valence electrons. The van der Waals surface area contributed by atoms with E-state index in [4.69, 9.17) is 10.5 Å². The van der Waals surface area contributed by atoms with Crippen LogP contribution in [0.2, 0.25) is 0 Å². The number of benzene rings is 1. The van der Waals surface area contributed by atoms with Crippen LogP contribution in [0.15, 0.2) is 45.8 Å². The molecule has 1 heterocycles. The third-order valence-corrected chi connectivity index (χ3v) is 3.56. The summed E-state index contributed by atoms with van der Waals surface area (Å²) in [6.07, 6.45) is 1.78. The summed E-state index contributed by atoms with van der Waals surface area (Å²) in [5.41, 5.74) is 7.22. The first kappa shape index (κ1) is 13.7. The molecule has 0 aliphatic rings. The minimum Gasteiger partial charge on any atom is -0.492 e. The van der Waals surface area contributed by atoms with Crippen molar-refractivity contribution in [2.45, 2.75) is 13.5 Å². The van der Waals surface area contributed by atoms with Crippen LogP contribution >= 0.6 is 15.9 Å². The van der Waals surface area contributed by atoms with E-state index in [1.54, 1.807) is 29.0 Å². The highest BCUT2D eigenvalue weighted by molar-refractivity contribution is 9.10. The first-order valence-electron chi connectivity index (χ1n) is 5.91. The summed E-state index contributed by atoms with van der Waals surface area (Å²) >= 11 is 3.41. The van der Waals surface area contributed by atoms with Crippen LogP contribution in [0.3, 0.4) is 0 Å². The average Bonchev–Trinajstić information content (AvgIpc) is 2.35. The van der Waals surface area contributed by atoms with Crippen molar-refractivity contribution in [2.24, 2.45) is 0 Å². The monoisotopic (exact) mass is 322 g/mol. The predicted molar refractivity (Wildman–Crippen MR) is 79.5 cm³/mol. The van der Waals surface area contributed by atoms with Crippen molar-refractivity contribution in [1.29, 1.82) is 0 Å². The van der Waals surface area contributed by atoms with Gasteiger partial charge in [-0.05, 0) is 40.5 Å². The second kappa shape index (κ2) is 5.93. The maximum absolute atomic E-state index is 11.8. The third-order valence-electron chi connectivity index (χ3n) is 2.73. The van der Waals surface area contributed by atoms with Gasteiger partial charge in [-0.2, -0.15) is 0 Å². The number of hydrogen-bond donors (Lipinski definition) is 1. The van der Waals surface area contributed by atoms with Gasteiger partial charge < -0.3 is 15.0 Å². The van der Waals surface area contributed by atoms with Gasteiger partial charge >= 0.3 is 0 Å². The summed E-state index contributed by atoms with van der Waals surface area (Å²) in [5.74, 6) is 0.708. The fourth-order valence-electron chi connectivity index (χ4n) is 1.68. The van der Waals surface area contributed by atoms with Crippen molar-refractivity contribution in [1.82, 2.24) is 4.57 Å². The Morgan fingerprint density at radius 3 is 2.89 bits per heavy atom. The molecule has 0 fully saturated rings. The average molecular weight is 323 g/mol. The molecule has 1 aromatic heterocycles. The molecule has 0 amide bonds. The van der Waals surface area contributed by atoms with Crippen LogP contribution in [0.5, 0.6) is 5.75 Å². The molecular weight excluding hydrogens is 308 g/mol. The van der Waals surface area contributed by atoms with Gasteiger partial charge in [0, 0.05) is 28.5 Å². The van der Waals surface area contributed by atoms with E-state index < -0.39 is 0 Å². The van der Waals surface area contributed by atoms with E-state index in [-0.39, 0.29) is 5.56 Å². The minimum absolute atomic E-state index is 0.0307. The first-order valence-corrected chi connectivity index (χ1v) is 6.70. The number of ether oxygens (including phenoxy) is 1. The van der Waals surface area contributed by atoms with E-state index in [1.165, 1.54) is 0 Å². The summed E-state index contributed by atoms with van der Waals surface area (Å²) in [5, 5.41) is 0. The summed E-state index contributed by atoms with van der Waals surface area (Å²) in [4.78, 5) is 11.8. The Labute approximate surface area is 119 Å². The summed E-state index contributed by atoms with van der Waals surface area (Å²) in [6, 6.07) is 8.83. The lowest BCUT2D eigenvalue weighted by Crippen LogP contribution is -2.22. The number of aryl methyl sites for hydroxylation is 1. The zero-order valence-electron chi connectivity index (χ0n) is 10.6. The maximum Gasteiger partial charge on any atom is 0.250 e. The minimum atomic E-state index is -0.0307. The molecule has 0 saturated heterocycles. The summed E-state index contributed by atoms with van der Waals surface area (Å²) in [6.45, 7) is 2.80. The molecule has 5 heteroatoms. The molecule has 2 rings (SSSR count). The molecule has 2 N–H and O–H groups in total. The lowest BCUT2D eigenvalue weighted by atomic mass is 10.3. The van der Waals surface area contributed by atoms with Gasteiger partial charge in [0.05, 0.1) is 6.54 Å². The van der Waals surface area contributed by atoms with Crippen LogP contribution in [0.4, 0.5) is 5.69 Å². The number of halogens is 1. The van der Waals surface area contributed by atoms with E-state index in [1.807, 2.05) is 19.1 Å². The highest BCUT2D eigenvalue weighted by atomic mass is 79.9. The molecule has 0 bridgehead atoms. The molecule has 0 spiro atoms. The number of nitrogen functional groups attached to an aromatic ring is 1. The van der Waals surface area contributed by atoms with Crippen LogP contribution in [-0.2, 0) is 6.54 Å². The molecule has 0 atom stereocenters. The van der Waals surface area contributed by atoms with Crippen LogP contribution in [0, 0.1) is 6.92 Å². The SMILES string of the molecule is Cc1cc(=O)n(CCOc2cccc(N)c2)cc1Br. The fraction of sp³-hybridized carbons (Fsp3) is 0.214. The number of nitrogens with two attached hydrogens (primary N) is 1. The maximum atomic E-state index is 11.8. The zero-order chi connectivity index (χ0) is 13.8. The van der Waals surface area contributed by atoms with Crippen LogP contribution in [0.1, 0.15) is 5.56 Å². The van der Waals surface area contributed by atoms with Crippen molar-refractivity contribution in [3.8, 4) is 5.75 Å². The molecule has 0 aliphatic carbocycles. The Bertz CT molecular complexity index is 638. The van der Waals surface area contributed by atoms with E-state index in [9.17, 15) is 4.79 Å². The lowest BCUT2D eigenvalue weighted by Gasteiger charge is -2.09. The second-order valence-electron chi connectivity index (χ2n) is 4.26. The van der Waals surface area contributed by atoms with Gasteiger partial charge in [-0.3, -0.25) is 4.79 Å². The largest absolute Gasteiger partial charge is 0.492 e. The Hall–Kier alpha value is -1.75. The predicted octanol–water partition coefficient (Wildman–Crippen LogP) is 2.58. The van der Waals surface area contributed by atoms with Gasteiger partial charge in [0.1, 0.15) is 12.4 Å². The Balaban J connectivity index is 2.00. The number of nitrogens with zero attached hydrogens (tertiary/aromatic N) is 1. The van der Waals surface area contributed by atoms with Crippen LogP contribution in [-0.4, -0.2) is 11.2 Å². The number of rotatable bonds is 4. The van der Waals surface area contributed by atoms with E-state index >= 15 is 0 Å². The number of pyridine rings is 1. The Morgan fingerprint density at radius 2 is 2.16 bits per heavy atom. The number of hydrogen-bond acceptors (Lipinski definition) is 3. The second-order valence-corrected chi connectivity index (χ2v) is 5.11. The molecule has 0 aliphatic heterocycles. The molecule has 2 aromatic rings. The van der Waals surface area contributed by atoms with Gasteiger partial charge in [0.2, 0.25) is 0 Å². The van der Waals surface area contributed by atoms with Gasteiger partial charge in [0.15, 0.2) is 0 Å². The normalized spacial score (nSPS) is 10.4. The van der Waals surface area contributed by atoms with Crippen molar-refractivity contribution in [3.05, 3.63) is 56.9 Å². The van der Waals surface area contributed by atoms with Crippen molar-refractivity contribution < 1.29 is 4.74 Å². The summed E-state index contributed by atoms with van der Waals surface area (Å²) in [7, 11) is 0. The lowest BCUT2D eigenvalue weighted by molar-refractivity contribution is 0.296. The van der Waals surface area contributed by atoms with Gasteiger partial charge in [-0.25, -0.2) is 0 Å². The van der Waals surface area contributed by atoms with Gasteiger partial charge in [0.25, 0.3) is 5.56 Å². The topological polar surface area (TPSA) is 57.2 Å². The fourth-order valence-corrected chi connectivity index (χ4v) is 2.04. The van der Waals surface area contributed by atoms with Crippen LogP contribution < -0.4 is 16.0 Å². The molecular formula is C14H15BrN2O2. The Morgan fingerprint density at radius 1 is 1.37 bits per heavy atom. The highest BCUT2D eigenvalue weighted by Crippen LogP contribution is 2.15. The van der Waals surface area contributed by atoms with E-state index in [2.05, 4.69) is 15.9 Å². The molecule has 0 unspecified atom stereocenters. The van der Waals surface area contributed by atoms with E-state index in [0.717, 1.165) is 10.0 Å². The molecule has 0 saturated carbocycles. The Kier molecular flexibility index (Phi) is 4.27. The molecule has 0 radical (unpaired) electrons. The molecule has 1 aromatic carbocycles. The highest BCUT2D eigenvalue weighted by Gasteiger charge is 2.01. The van der Waals surface area contributed by atoms with E-state index in [0.29, 0.717) is 24.6 Å². The zero-order valence-corrected chi connectivity index (χ0v) is 12.2. The van der Waals surface area contributed by atoms with Gasteiger partial charge in [-0.15, -0.1) is 0 Å².